The van der Waals surface area contributed by atoms with Crippen LogP contribution in [-0.2, 0) is 13.0 Å². The van der Waals surface area contributed by atoms with Gasteiger partial charge in [0.1, 0.15) is 0 Å². The first-order chi connectivity index (χ1) is 13.9. The Hall–Kier alpha value is -2.87. The normalized spacial score (nSPS) is 13.6. The van der Waals surface area contributed by atoms with Gasteiger partial charge in [0.05, 0.1) is 0 Å². The van der Waals surface area contributed by atoms with Gasteiger partial charge in [0, 0.05) is 25.5 Å². The van der Waals surface area contributed by atoms with E-state index in [0.29, 0.717) is 0 Å². The quantitative estimate of drug-likeness (QED) is 0.397. The summed E-state index contributed by atoms with van der Waals surface area (Å²) in [4.78, 5) is 4.15. The van der Waals surface area contributed by atoms with Gasteiger partial charge in [-0.1, -0.05) is 61.5 Å². The highest BCUT2D eigenvalue weighted by Gasteiger charge is 2.05. The highest BCUT2D eigenvalue weighted by atomic mass is 14.9. The van der Waals surface area contributed by atoms with E-state index in [-0.39, 0.29) is 0 Å². The molecule has 0 aromatic heterocycles. The van der Waals surface area contributed by atoms with Crippen LogP contribution in [0, 0.1) is 6.92 Å². The molecular weight excluding hydrogens is 352 g/mol. The molecule has 29 heavy (non-hydrogen) atoms. The minimum Gasteiger partial charge on any atom is -0.384 e. The molecule has 2 nitrogen and oxygen atoms in total. The van der Waals surface area contributed by atoms with Crippen molar-refractivity contribution in [2.75, 3.05) is 7.05 Å². The van der Waals surface area contributed by atoms with E-state index < -0.39 is 0 Å². The largest absolute Gasteiger partial charge is 0.384 e. The molecule has 0 bridgehead atoms. The third-order valence-electron chi connectivity index (χ3n) is 5.12. The summed E-state index contributed by atoms with van der Waals surface area (Å²) >= 11 is 0. The van der Waals surface area contributed by atoms with Gasteiger partial charge in [-0.15, -0.1) is 0 Å². The van der Waals surface area contributed by atoms with Crippen LogP contribution in [0.3, 0.4) is 0 Å². The van der Waals surface area contributed by atoms with Crippen LogP contribution in [0.4, 0.5) is 0 Å². The third kappa shape index (κ3) is 6.90. The maximum absolute atomic E-state index is 4.15. The first-order valence-corrected chi connectivity index (χ1v) is 10.3. The van der Waals surface area contributed by atoms with Gasteiger partial charge in [0.15, 0.2) is 0 Å². The van der Waals surface area contributed by atoms with E-state index in [0.717, 1.165) is 18.7 Å². The van der Waals surface area contributed by atoms with Crippen molar-refractivity contribution in [3.63, 3.8) is 0 Å². The van der Waals surface area contributed by atoms with Gasteiger partial charge in [0.25, 0.3) is 0 Å². The average molecular weight is 387 g/mol. The molecule has 0 unspecified atom stereocenters. The van der Waals surface area contributed by atoms with Crippen molar-refractivity contribution in [3.05, 3.63) is 99.8 Å². The van der Waals surface area contributed by atoms with E-state index in [1.807, 2.05) is 13.3 Å². The lowest BCUT2D eigenvalue weighted by molar-refractivity contribution is 0.810. The van der Waals surface area contributed by atoms with Crippen molar-refractivity contribution in [1.82, 2.24) is 5.32 Å². The Kier molecular flexibility index (Phi) is 8.67. The summed E-state index contributed by atoms with van der Waals surface area (Å²) in [6.45, 7) is 11.6. The molecule has 0 saturated carbocycles. The molecule has 0 spiro atoms. The molecule has 0 atom stereocenters. The zero-order chi connectivity index (χ0) is 21.2. The minimum atomic E-state index is 0.827. The van der Waals surface area contributed by atoms with E-state index in [1.165, 1.54) is 39.0 Å². The second kappa shape index (κ2) is 11.2. The predicted octanol–water partition coefficient (Wildman–Crippen LogP) is 6.67. The van der Waals surface area contributed by atoms with Crippen molar-refractivity contribution in [2.24, 2.45) is 4.99 Å². The van der Waals surface area contributed by atoms with Gasteiger partial charge in [-0.05, 0) is 79.2 Å². The number of allylic oxidation sites excluding steroid dienone is 6. The SMILES string of the molecule is CCc1cccc(CN/C(C)=C/C(=C\C(C)=C(/C)C=NC)c2ccccc2C)c1. The fourth-order valence-electron chi connectivity index (χ4n) is 3.22. The van der Waals surface area contributed by atoms with Crippen molar-refractivity contribution in [2.45, 2.75) is 47.6 Å². The summed E-state index contributed by atoms with van der Waals surface area (Å²) in [5, 5.41) is 3.58. The summed E-state index contributed by atoms with van der Waals surface area (Å²) in [6.07, 6.45) is 7.47. The topological polar surface area (TPSA) is 24.4 Å². The molecule has 2 aromatic carbocycles. The Morgan fingerprint density at radius 3 is 2.34 bits per heavy atom. The van der Waals surface area contributed by atoms with Gasteiger partial charge < -0.3 is 5.32 Å². The lowest BCUT2D eigenvalue weighted by Gasteiger charge is -2.12. The molecule has 1 N–H and O–H groups in total. The fourth-order valence-corrected chi connectivity index (χ4v) is 3.22. The van der Waals surface area contributed by atoms with Crippen LogP contribution < -0.4 is 5.32 Å². The van der Waals surface area contributed by atoms with Crippen LogP contribution in [0.1, 0.15) is 49.9 Å². The van der Waals surface area contributed by atoms with Crippen LogP contribution >= 0.6 is 0 Å². The fraction of sp³-hybridized carbons (Fsp3) is 0.296. The van der Waals surface area contributed by atoms with Crippen LogP contribution in [0.5, 0.6) is 0 Å². The van der Waals surface area contributed by atoms with Crippen LogP contribution in [0.2, 0.25) is 0 Å². The summed E-state index contributed by atoms with van der Waals surface area (Å²) in [7, 11) is 1.81. The third-order valence-corrected chi connectivity index (χ3v) is 5.12. The van der Waals surface area contributed by atoms with Crippen molar-refractivity contribution < 1.29 is 0 Å². The first-order valence-electron chi connectivity index (χ1n) is 10.3. The predicted molar refractivity (Wildman–Crippen MR) is 128 cm³/mol. The molecule has 0 aliphatic carbocycles. The number of hydrogen-bond acceptors (Lipinski definition) is 2. The molecule has 152 valence electrons. The molecule has 0 radical (unpaired) electrons. The number of aliphatic imine (C=N–C) groups is 1. The molecule has 0 heterocycles. The lowest BCUT2D eigenvalue weighted by atomic mass is 9.97. The lowest BCUT2D eigenvalue weighted by Crippen LogP contribution is -2.11. The molecule has 0 fully saturated rings. The second-order valence-corrected chi connectivity index (χ2v) is 7.52. The number of aryl methyl sites for hydroxylation is 2. The Balaban J connectivity index is 2.33. The minimum absolute atomic E-state index is 0.827. The van der Waals surface area contributed by atoms with Gasteiger partial charge in [-0.25, -0.2) is 0 Å². The van der Waals surface area contributed by atoms with Gasteiger partial charge >= 0.3 is 0 Å². The first kappa shape index (κ1) is 22.4. The van der Waals surface area contributed by atoms with Gasteiger partial charge in [0.2, 0.25) is 0 Å². The van der Waals surface area contributed by atoms with E-state index >= 15 is 0 Å². The van der Waals surface area contributed by atoms with Gasteiger partial charge in [-0.2, -0.15) is 0 Å². The molecule has 0 saturated heterocycles. The Morgan fingerprint density at radius 1 is 0.931 bits per heavy atom. The van der Waals surface area contributed by atoms with Crippen LogP contribution in [0.15, 0.2) is 82.5 Å². The highest BCUT2D eigenvalue weighted by molar-refractivity contribution is 5.83. The molecule has 0 amide bonds. The molecule has 2 aromatic rings. The smallest absolute Gasteiger partial charge is 0.0397 e. The Morgan fingerprint density at radius 2 is 1.66 bits per heavy atom. The standard InChI is InChI=1S/C27H34N2/c1-7-24-12-10-13-25(17-24)19-29-23(5)16-26(15-21(3)22(4)18-28-6)27-14-9-8-11-20(27)2/h8-18,29H,7,19H2,1-6H3/b22-21+,23-16+,26-15+,28-18?. The van der Waals surface area contributed by atoms with E-state index in [1.54, 1.807) is 0 Å². The highest BCUT2D eigenvalue weighted by Crippen LogP contribution is 2.23. The Labute approximate surface area is 176 Å². The number of nitrogens with one attached hydrogen (secondary N) is 1. The zero-order valence-corrected chi connectivity index (χ0v) is 18.7. The van der Waals surface area contributed by atoms with Crippen LogP contribution in [-0.4, -0.2) is 13.3 Å². The Bertz CT molecular complexity index is 943. The molecule has 0 aliphatic heterocycles. The number of rotatable bonds is 8. The summed E-state index contributed by atoms with van der Waals surface area (Å²) < 4.78 is 0. The maximum atomic E-state index is 4.15. The second-order valence-electron chi connectivity index (χ2n) is 7.52. The number of nitrogens with zero attached hydrogens (tertiary/aromatic N) is 1. The van der Waals surface area contributed by atoms with Crippen LogP contribution in [0.25, 0.3) is 5.57 Å². The van der Waals surface area contributed by atoms with Crippen molar-refractivity contribution in [1.29, 1.82) is 0 Å². The summed E-state index contributed by atoms with van der Waals surface area (Å²) in [5.74, 6) is 0. The monoisotopic (exact) mass is 386 g/mol. The van der Waals surface area contributed by atoms with E-state index in [9.17, 15) is 0 Å². The number of benzene rings is 2. The molecule has 2 rings (SSSR count). The van der Waals surface area contributed by atoms with E-state index in [2.05, 4.69) is 106 Å². The van der Waals surface area contributed by atoms with E-state index in [4.69, 9.17) is 0 Å². The molecular formula is C27H34N2. The summed E-state index contributed by atoms with van der Waals surface area (Å²) in [6, 6.07) is 17.3. The average Bonchev–Trinajstić information content (AvgIpc) is 2.72. The summed E-state index contributed by atoms with van der Waals surface area (Å²) in [5.41, 5.74) is 9.95. The maximum Gasteiger partial charge on any atom is 0.0397 e. The molecule has 0 aliphatic rings. The van der Waals surface area contributed by atoms with Gasteiger partial charge in [-0.3, -0.25) is 4.99 Å². The molecule has 2 heteroatoms. The van der Waals surface area contributed by atoms with Crippen molar-refractivity contribution in [3.8, 4) is 0 Å². The zero-order valence-electron chi connectivity index (χ0n) is 18.7. The van der Waals surface area contributed by atoms with Crippen molar-refractivity contribution >= 4 is 11.8 Å². The number of hydrogen-bond donors (Lipinski definition) is 1.